The molecule has 1 atom stereocenters. The minimum absolute atomic E-state index is 0.120. The van der Waals surface area contributed by atoms with Gasteiger partial charge in [0.05, 0.1) is 10.0 Å². The van der Waals surface area contributed by atoms with Gasteiger partial charge in [-0.25, -0.2) is 9.59 Å². The van der Waals surface area contributed by atoms with Crippen molar-refractivity contribution in [3.05, 3.63) is 28.2 Å². The molecule has 1 aliphatic heterocycles. The molecule has 2 heterocycles. The number of nitrogens with two attached hydrogens (primary N) is 1. The highest BCUT2D eigenvalue weighted by Gasteiger charge is 2.28. The van der Waals surface area contributed by atoms with Gasteiger partial charge in [0.1, 0.15) is 17.1 Å². The van der Waals surface area contributed by atoms with E-state index < -0.39 is 11.6 Å². The van der Waals surface area contributed by atoms with E-state index in [2.05, 4.69) is 26.1 Å². The first-order valence-corrected chi connectivity index (χ1v) is 11.4. The summed E-state index contributed by atoms with van der Waals surface area (Å²) < 4.78 is 5.45. The molecule has 180 valence electrons. The van der Waals surface area contributed by atoms with Gasteiger partial charge in [-0.3, -0.25) is 10.4 Å². The Balaban J connectivity index is 1.54. The van der Waals surface area contributed by atoms with Crippen molar-refractivity contribution in [2.24, 2.45) is 5.92 Å². The molecule has 1 saturated heterocycles. The number of carbonyl (C=O) groups is 2. The summed E-state index contributed by atoms with van der Waals surface area (Å²) in [6, 6.07) is 4.57. The quantitative estimate of drug-likeness (QED) is 0.401. The van der Waals surface area contributed by atoms with Crippen LogP contribution in [0.4, 0.5) is 32.6 Å². The van der Waals surface area contributed by atoms with Crippen LogP contribution >= 0.6 is 23.2 Å². The minimum atomic E-state index is -0.545. The third-order valence-electron chi connectivity index (χ3n) is 4.94. The molecule has 0 bridgehead atoms. The third kappa shape index (κ3) is 7.06. The van der Waals surface area contributed by atoms with Gasteiger partial charge in [-0.15, -0.1) is 0 Å². The number of ether oxygens (including phenoxy) is 1. The van der Waals surface area contributed by atoms with Crippen LogP contribution in [-0.4, -0.2) is 52.5 Å². The number of halogens is 2. The predicted octanol–water partition coefficient (Wildman–Crippen LogP) is 4.81. The fraction of sp³-hybridized carbons (Fsp3) is 0.476. The Morgan fingerprint density at radius 1 is 1.30 bits per heavy atom. The van der Waals surface area contributed by atoms with E-state index in [1.807, 2.05) is 20.8 Å². The standard InChI is InChI=1S/C21H29Cl2N7O3/c1-21(2,3)33-20(32)30-8-4-5-12(11-30)10-25-19(31)27-18-16(17(24)28-29-18)26-13-6-7-14(22)15(23)9-13/h6-7,9,12,26H,4-5,8,10-11H2,1-3H3,(H5,24,25,27,28,29,31). The highest BCUT2D eigenvalue weighted by atomic mass is 35.5. The maximum atomic E-state index is 12.5. The SMILES string of the molecule is CC(C)(C)OC(=O)N1CCCC(CNC(=O)Nc2n[nH]c(N)c2Nc2ccc(Cl)c(Cl)c2)C1. The lowest BCUT2D eigenvalue weighted by atomic mass is 9.98. The first kappa shape index (κ1) is 24.8. The van der Waals surface area contributed by atoms with E-state index in [1.165, 1.54) is 0 Å². The maximum absolute atomic E-state index is 12.5. The van der Waals surface area contributed by atoms with Crippen LogP contribution in [0.1, 0.15) is 33.6 Å². The maximum Gasteiger partial charge on any atom is 0.410 e. The van der Waals surface area contributed by atoms with E-state index in [0.29, 0.717) is 41.1 Å². The van der Waals surface area contributed by atoms with E-state index in [0.717, 1.165) is 12.8 Å². The van der Waals surface area contributed by atoms with Gasteiger partial charge in [0, 0.05) is 25.3 Å². The Labute approximate surface area is 202 Å². The third-order valence-corrected chi connectivity index (χ3v) is 5.68. The molecule has 0 radical (unpaired) electrons. The number of urea groups is 1. The Hall–Kier alpha value is -2.85. The Bertz CT molecular complexity index is 1010. The molecule has 0 saturated carbocycles. The summed E-state index contributed by atoms with van der Waals surface area (Å²) in [5.41, 5.74) is 6.44. The number of likely N-dealkylation sites (tertiary alicyclic amines) is 1. The van der Waals surface area contributed by atoms with Crippen LogP contribution in [0.15, 0.2) is 18.2 Å². The molecule has 12 heteroatoms. The van der Waals surface area contributed by atoms with Crippen LogP contribution in [0.5, 0.6) is 0 Å². The number of amides is 3. The van der Waals surface area contributed by atoms with Crippen LogP contribution in [0.3, 0.4) is 0 Å². The molecule has 6 N–H and O–H groups in total. The molecule has 1 aromatic heterocycles. The zero-order chi connectivity index (χ0) is 24.2. The number of nitrogens with zero attached hydrogens (tertiary/aromatic N) is 2. The average molecular weight is 498 g/mol. The van der Waals surface area contributed by atoms with Crippen LogP contribution in [0.25, 0.3) is 0 Å². The van der Waals surface area contributed by atoms with Crippen molar-refractivity contribution in [3.63, 3.8) is 0 Å². The molecule has 3 amide bonds. The number of benzene rings is 1. The largest absolute Gasteiger partial charge is 0.444 e. The van der Waals surface area contributed by atoms with E-state index in [4.69, 9.17) is 33.7 Å². The molecular weight excluding hydrogens is 469 g/mol. The first-order chi connectivity index (χ1) is 15.5. The zero-order valence-corrected chi connectivity index (χ0v) is 20.3. The molecular formula is C21H29Cl2N7O3. The van der Waals surface area contributed by atoms with E-state index in [1.54, 1.807) is 23.1 Å². The number of hydrogen-bond acceptors (Lipinski definition) is 6. The average Bonchev–Trinajstić information content (AvgIpc) is 3.07. The minimum Gasteiger partial charge on any atom is -0.444 e. The Morgan fingerprint density at radius 3 is 2.76 bits per heavy atom. The zero-order valence-electron chi connectivity index (χ0n) is 18.8. The van der Waals surface area contributed by atoms with E-state index in [9.17, 15) is 9.59 Å². The second kappa shape index (κ2) is 10.4. The van der Waals surface area contributed by atoms with Crippen molar-refractivity contribution in [2.75, 3.05) is 36.0 Å². The summed E-state index contributed by atoms with van der Waals surface area (Å²) in [7, 11) is 0. The van der Waals surface area contributed by atoms with Crippen molar-refractivity contribution >= 4 is 58.3 Å². The van der Waals surface area contributed by atoms with Gasteiger partial charge in [-0.2, -0.15) is 5.10 Å². The van der Waals surface area contributed by atoms with Gasteiger partial charge >= 0.3 is 12.1 Å². The molecule has 1 aromatic carbocycles. The van der Waals surface area contributed by atoms with Crippen LogP contribution in [0, 0.1) is 5.92 Å². The summed E-state index contributed by atoms with van der Waals surface area (Å²) in [5.74, 6) is 0.599. The van der Waals surface area contributed by atoms with Gasteiger partial charge in [-0.05, 0) is 57.7 Å². The number of nitrogen functional groups attached to an aromatic ring is 1. The number of H-pyrrole nitrogens is 1. The summed E-state index contributed by atoms with van der Waals surface area (Å²) in [5, 5.41) is 16.1. The lowest BCUT2D eigenvalue weighted by Gasteiger charge is -2.34. The van der Waals surface area contributed by atoms with Crippen molar-refractivity contribution in [3.8, 4) is 0 Å². The topological polar surface area (TPSA) is 137 Å². The number of hydrogen-bond donors (Lipinski definition) is 5. The van der Waals surface area contributed by atoms with Crippen LogP contribution in [-0.2, 0) is 4.74 Å². The van der Waals surface area contributed by atoms with E-state index >= 15 is 0 Å². The lowest BCUT2D eigenvalue weighted by Crippen LogP contribution is -2.46. The number of aromatic nitrogens is 2. The second-order valence-electron chi connectivity index (χ2n) is 8.88. The normalized spacial score (nSPS) is 16.3. The Kier molecular flexibility index (Phi) is 7.80. The molecule has 0 aliphatic carbocycles. The summed E-state index contributed by atoms with van der Waals surface area (Å²) in [4.78, 5) is 26.5. The number of piperidine rings is 1. The number of anilines is 4. The number of carbonyl (C=O) groups excluding carboxylic acids is 2. The number of aromatic amines is 1. The molecule has 1 unspecified atom stereocenters. The van der Waals surface area contributed by atoms with E-state index in [-0.39, 0.29) is 23.6 Å². The summed E-state index contributed by atoms with van der Waals surface area (Å²) in [6.07, 6.45) is 1.42. The van der Waals surface area contributed by atoms with Gasteiger partial charge in [0.25, 0.3) is 0 Å². The molecule has 2 aromatic rings. The second-order valence-corrected chi connectivity index (χ2v) is 9.70. The van der Waals surface area contributed by atoms with Crippen LogP contribution in [0.2, 0.25) is 10.0 Å². The molecule has 0 spiro atoms. The smallest absolute Gasteiger partial charge is 0.410 e. The molecule has 3 rings (SSSR count). The van der Waals surface area contributed by atoms with Gasteiger partial charge < -0.3 is 26.0 Å². The van der Waals surface area contributed by atoms with Crippen LogP contribution < -0.4 is 21.7 Å². The van der Waals surface area contributed by atoms with Gasteiger partial charge in [0.15, 0.2) is 5.82 Å². The summed E-state index contributed by atoms with van der Waals surface area (Å²) in [6.45, 7) is 7.09. The highest BCUT2D eigenvalue weighted by Crippen LogP contribution is 2.32. The fourth-order valence-electron chi connectivity index (χ4n) is 3.40. The fourth-order valence-corrected chi connectivity index (χ4v) is 3.70. The number of rotatable bonds is 5. The monoisotopic (exact) mass is 497 g/mol. The van der Waals surface area contributed by atoms with Gasteiger partial charge in [-0.1, -0.05) is 23.2 Å². The van der Waals surface area contributed by atoms with Crippen molar-refractivity contribution < 1.29 is 14.3 Å². The number of nitrogens with one attached hydrogen (secondary N) is 4. The Morgan fingerprint density at radius 2 is 2.06 bits per heavy atom. The highest BCUT2D eigenvalue weighted by molar-refractivity contribution is 6.42. The first-order valence-electron chi connectivity index (χ1n) is 10.6. The molecule has 1 fully saturated rings. The van der Waals surface area contributed by atoms with Crippen molar-refractivity contribution in [2.45, 2.75) is 39.2 Å². The van der Waals surface area contributed by atoms with Crippen molar-refractivity contribution in [1.82, 2.24) is 20.4 Å². The lowest BCUT2D eigenvalue weighted by molar-refractivity contribution is 0.0168. The van der Waals surface area contributed by atoms with Crippen molar-refractivity contribution in [1.29, 1.82) is 0 Å². The molecule has 10 nitrogen and oxygen atoms in total. The molecule has 1 aliphatic rings. The van der Waals surface area contributed by atoms with Gasteiger partial charge in [0.2, 0.25) is 0 Å². The predicted molar refractivity (Wildman–Crippen MR) is 130 cm³/mol. The molecule has 33 heavy (non-hydrogen) atoms. The summed E-state index contributed by atoms with van der Waals surface area (Å²) >= 11 is 12.0.